The van der Waals surface area contributed by atoms with Crippen molar-refractivity contribution in [2.45, 2.75) is 51.7 Å². The number of esters is 2. The monoisotopic (exact) mass is 927 g/mol. The summed E-state index contributed by atoms with van der Waals surface area (Å²) in [5.74, 6) is -3.14. The Morgan fingerprint density at radius 1 is 1.11 bits per heavy atom. The molecular weight excluding hydrogens is 887 g/mol. The number of amides is 1. The van der Waals surface area contributed by atoms with E-state index in [2.05, 4.69) is 15.4 Å². The van der Waals surface area contributed by atoms with E-state index < -0.39 is 47.4 Å². The second kappa shape index (κ2) is 20.5. The summed E-state index contributed by atoms with van der Waals surface area (Å²) in [6, 6.07) is 12.9. The highest BCUT2D eigenvalue weighted by Gasteiger charge is 2.43. The largest absolute Gasteiger partial charge is 1.00 e. The van der Waals surface area contributed by atoms with Crippen molar-refractivity contribution in [2.24, 2.45) is 0 Å². The molecule has 3 atom stereocenters. The first kappa shape index (κ1) is 45.8. The van der Waals surface area contributed by atoms with Gasteiger partial charge in [0.25, 0.3) is 6.33 Å². The summed E-state index contributed by atoms with van der Waals surface area (Å²) in [5.41, 5.74) is -0.235. The lowest BCUT2D eigenvalue weighted by atomic mass is 9.82. The van der Waals surface area contributed by atoms with E-state index in [1.54, 1.807) is 69.6 Å². The third-order valence-electron chi connectivity index (χ3n) is 8.56. The number of halogens is 4. The average Bonchev–Trinajstić information content (AvgIpc) is 3.85. The van der Waals surface area contributed by atoms with Gasteiger partial charge in [0.1, 0.15) is 36.2 Å². The van der Waals surface area contributed by atoms with Gasteiger partial charge in [-0.25, -0.2) is 28.3 Å². The fourth-order valence-electron chi connectivity index (χ4n) is 5.53. The molecule has 2 N–H and O–H groups in total. The fourth-order valence-corrected chi connectivity index (χ4v) is 6.50. The van der Waals surface area contributed by atoms with Gasteiger partial charge in [0.15, 0.2) is 0 Å². The maximum atomic E-state index is 15.4. The van der Waals surface area contributed by atoms with Crippen molar-refractivity contribution in [1.29, 1.82) is 0 Å². The number of anilines is 1. The highest BCUT2D eigenvalue weighted by molar-refractivity contribution is 7.10. The van der Waals surface area contributed by atoms with Crippen LogP contribution in [-0.2, 0) is 37.8 Å². The molecule has 0 fully saturated rings. The van der Waals surface area contributed by atoms with Gasteiger partial charge in [-0.1, -0.05) is 25.1 Å². The Morgan fingerprint density at radius 3 is 2.54 bits per heavy atom. The summed E-state index contributed by atoms with van der Waals surface area (Å²) in [4.78, 5) is 47.3. The van der Waals surface area contributed by atoms with E-state index in [-0.39, 0.29) is 74.1 Å². The van der Waals surface area contributed by atoms with Gasteiger partial charge in [-0.2, -0.15) is 4.57 Å². The highest BCUT2D eigenvalue weighted by Crippen LogP contribution is 2.41. The molecule has 3 aromatic heterocycles. The number of nitrogens with one attached hydrogen (secondary N) is 1. The number of ether oxygens (including phenoxy) is 3. The number of thiazole rings is 1. The van der Waals surface area contributed by atoms with E-state index in [0.29, 0.717) is 27.4 Å². The molecule has 0 aliphatic heterocycles. The average molecular weight is 928 g/mol. The number of aromatic nitrogens is 5. The summed E-state index contributed by atoms with van der Waals surface area (Å²) in [6.07, 6.45) is 2.62. The van der Waals surface area contributed by atoms with Crippen molar-refractivity contribution >= 4 is 47.6 Å². The van der Waals surface area contributed by atoms with E-state index in [4.69, 9.17) is 19.2 Å². The maximum absolute atomic E-state index is 15.4. The number of rotatable bonds is 15. The smallest absolute Gasteiger partial charge is 0.418 e. The van der Waals surface area contributed by atoms with Crippen molar-refractivity contribution in [1.82, 2.24) is 25.1 Å². The van der Waals surface area contributed by atoms with E-state index in [9.17, 15) is 23.9 Å². The van der Waals surface area contributed by atoms with Crippen molar-refractivity contribution in [3.8, 4) is 11.3 Å². The zero-order valence-corrected chi connectivity index (χ0v) is 34.8. The van der Waals surface area contributed by atoms with Gasteiger partial charge in [-0.15, -0.1) is 28.4 Å². The number of nitrogens with zero attached hydrogens (tertiary/aromatic N) is 6. The van der Waals surface area contributed by atoms with Gasteiger partial charge in [0.05, 0.1) is 29.4 Å². The van der Waals surface area contributed by atoms with Crippen LogP contribution in [0.4, 0.5) is 19.4 Å². The van der Waals surface area contributed by atoms with Gasteiger partial charge in [0.2, 0.25) is 12.6 Å². The molecule has 0 saturated heterocycles. The van der Waals surface area contributed by atoms with Crippen LogP contribution in [0.2, 0.25) is 0 Å². The Balaban J connectivity index is 0.00000420. The highest BCUT2D eigenvalue weighted by atomic mass is 127. The van der Waals surface area contributed by atoms with E-state index in [1.165, 1.54) is 51.4 Å². The molecule has 0 spiro atoms. The molecule has 1 unspecified atom stereocenters. The van der Waals surface area contributed by atoms with Gasteiger partial charge in [-0.05, 0) is 50.4 Å². The Morgan fingerprint density at radius 2 is 1.84 bits per heavy atom. The molecule has 19 heteroatoms. The van der Waals surface area contributed by atoms with Crippen LogP contribution >= 0.6 is 23.7 Å². The molecule has 5 aromatic rings. The van der Waals surface area contributed by atoms with E-state index in [0.717, 1.165) is 18.2 Å². The molecule has 0 saturated carbocycles. The number of hydrogen-bond acceptors (Lipinski definition) is 12. The Kier molecular flexibility index (Phi) is 16.8. The number of aliphatic hydroxyl groups is 1. The van der Waals surface area contributed by atoms with Gasteiger partial charge in [-0.3, -0.25) is 9.69 Å². The number of hydrogen-bond donors (Lipinski definition) is 2. The normalized spacial score (nSPS) is 12.9. The lowest BCUT2D eigenvalue weighted by molar-refractivity contribution is -0.753. The number of carbonyl (C=O) groups is 3. The van der Waals surface area contributed by atoms with E-state index in [1.807, 2.05) is 0 Å². The van der Waals surface area contributed by atoms with Crippen LogP contribution in [0.1, 0.15) is 59.4 Å². The molecule has 3 heterocycles. The van der Waals surface area contributed by atoms with Crippen LogP contribution in [0.5, 0.6) is 0 Å². The minimum Gasteiger partial charge on any atom is -1.00 e. The second-order valence-electron chi connectivity index (χ2n) is 12.2. The first-order chi connectivity index (χ1) is 25.8. The molecule has 0 radical (unpaired) electrons. The SMILES string of the molecule is CCOC(=O)c1ccc(-c2csc([C@H](C)[C@](O)(Cn3c[n+](C(C)OC(=O)N(C)c4ncccc4COC(=O)CNC)cn3)c3cc(F)ccc3F)n2)cc1.Cl.[I-]. The predicted octanol–water partition coefficient (Wildman–Crippen LogP) is 2.32. The number of likely N-dealkylation sites (N-methyl/N-ethyl adjacent to an activating group) is 1. The molecule has 0 bridgehead atoms. The molecule has 2 aromatic carbocycles. The minimum absolute atomic E-state index is 0. The zero-order chi connectivity index (χ0) is 39.0. The van der Waals surface area contributed by atoms with Crippen LogP contribution in [0, 0.1) is 11.6 Å². The van der Waals surface area contributed by atoms with Crippen LogP contribution in [0.15, 0.2) is 78.8 Å². The third kappa shape index (κ3) is 10.8. The molecule has 0 aliphatic carbocycles. The Hall–Kier alpha value is -4.63. The number of carbonyl (C=O) groups excluding carboxylic acids is 3. The van der Waals surface area contributed by atoms with Crippen LogP contribution < -0.4 is 38.8 Å². The van der Waals surface area contributed by atoms with Crippen molar-refractivity contribution in [2.75, 3.05) is 32.1 Å². The Labute approximate surface area is 349 Å². The summed E-state index contributed by atoms with van der Waals surface area (Å²) >= 11 is 1.23. The molecule has 5 rings (SSSR count). The van der Waals surface area contributed by atoms with Crippen molar-refractivity contribution in [3.63, 3.8) is 0 Å². The topological polar surface area (TPSA) is 162 Å². The minimum atomic E-state index is -2.06. The molecule has 1 amide bonds. The van der Waals surface area contributed by atoms with Crippen molar-refractivity contribution in [3.05, 3.63) is 112 Å². The standard InChI is InChI=1S/C37H40F2N7O7S.ClH.HI/c1-6-51-35(48)26-11-9-25(10-12-26)31-19-54-34(43-31)23(2)37(50,29-16-28(38)13-14-30(29)39)20-46-22-45(21-42-46)24(3)53-36(49)44(5)33-27(8-7-15-41-33)18-52-32(47)17-40-4;;/h7-16,19,21-24,40,50H,6,17-18,20H2,1-5H3;2*1H/q+1;;/p-1/t23-,24?,37+;;/m0../s1. The van der Waals surface area contributed by atoms with Crippen molar-refractivity contribution < 1.29 is 71.0 Å². The van der Waals surface area contributed by atoms with Crippen LogP contribution in [0.3, 0.4) is 0 Å². The summed E-state index contributed by atoms with van der Waals surface area (Å²) in [6.45, 7) is 4.78. The first-order valence-corrected chi connectivity index (χ1v) is 17.7. The fraction of sp³-hybridized carbons (Fsp3) is 0.324. The van der Waals surface area contributed by atoms with Crippen LogP contribution in [-0.4, -0.2) is 70.1 Å². The Bertz CT molecular complexity index is 2110. The predicted molar refractivity (Wildman–Crippen MR) is 199 cm³/mol. The van der Waals surface area contributed by atoms with Gasteiger partial charge in [0, 0.05) is 53.3 Å². The maximum Gasteiger partial charge on any atom is 0.418 e. The lowest BCUT2D eigenvalue weighted by Crippen LogP contribution is -3.00. The molecule has 300 valence electrons. The molecule has 0 aliphatic rings. The summed E-state index contributed by atoms with van der Waals surface area (Å²) in [7, 11) is 3.08. The lowest BCUT2D eigenvalue weighted by Gasteiger charge is -2.32. The van der Waals surface area contributed by atoms with Gasteiger partial charge >= 0.3 is 18.0 Å². The second-order valence-corrected chi connectivity index (χ2v) is 13.1. The third-order valence-corrected chi connectivity index (χ3v) is 9.59. The summed E-state index contributed by atoms with van der Waals surface area (Å²) < 4.78 is 48.7. The molecular formula is C37H41ClF2IN7O7S. The molecule has 56 heavy (non-hydrogen) atoms. The summed E-state index contributed by atoms with van der Waals surface area (Å²) in [5, 5.41) is 21.6. The first-order valence-electron chi connectivity index (χ1n) is 16.9. The van der Waals surface area contributed by atoms with E-state index >= 15 is 4.39 Å². The van der Waals surface area contributed by atoms with Gasteiger partial charge < -0.3 is 48.6 Å². The molecule has 14 nitrogen and oxygen atoms in total. The quantitative estimate of drug-likeness (QED) is 0.0687. The zero-order valence-electron chi connectivity index (χ0n) is 31.0. The number of benzene rings is 2. The number of pyridine rings is 1. The van der Waals surface area contributed by atoms with Crippen LogP contribution in [0.25, 0.3) is 11.3 Å².